The van der Waals surface area contributed by atoms with Gasteiger partial charge in [0, 0.05) is 12.6 Å². The minimum Gasteiger partial charge on any atom is -0.380 e. The predicted molar refractivity (Wildman–Crippen MR) is 56.3 cm³/mol. The molecule has 0 aliphatic heterocycles. The summed E-state index contributed by atoms with van der Waals surface area (Å²) in [6, 6.07) is 0.270. The lowest BCUT2D eigenvalue weighted by molar-refractivity contribution is 0.0979. The zero-order valence-electron chi connectivity index (χ0n) is 9.39. The molecule has 0 aliphatic rings. The first-order chi connectivity index (χ1) is 5.99. The van der Waals surface area contributed by atoms with E-state index < -0.39 is 0 Å². The quantitative estimate of drug-likeness (QED) is 0.379. The summed E-state index contributed by atoms with van der Waals surface area (Å²) in [5.74, 6) is 5.43. The molecule has 80 valence electrons. The molecule has 0 saturated heterocycles. The van der Waals surface area contributed by atoms with Gasteiger partial charge in [0.2, 0.25) is 0 Å². The van der Waals surface area contributed by atoms with E-state index >= 15 is 0 Å². The Balaban J connectivity index is 3.63. The van der Waals surface area contributed by atoms with E-state index in [2.05, 4.69) is 33.1 Å². The lowest BCUT2D eigenvalue weighted by Gasteiger charge is -2.25. The van der Waals surface area contributed by atoms with Crippen molar-refractivity contribution in [1.82, 2.24) is 5.43 Å². The molecule has 3 N–H and O–H groups in total. The average molecular weight is 188 g/mol. The summed E-state index contributed by atoms with van der Waals surface area (Å²) >= 11 is 0. The van der Waals surface area contributed by atoms with E-state index in [9.17, 15) is 0 Å². The standard InChI is InChI=1S/C10H24N2O/c1-5-6-13-8-9(12-11)7-10(2,3)4/h9,12H,5-8,11H2,1-4H3. The highest BCUT2D eigenvalue weighted by atomic mass is 16.5. The third-order valence-corrected chi connectivity index (χ3v) is 1.76. The van der Waals surface area contributed by atoms with Gasteiger partial charge in [0.1, 0.15) is 0 Å². The number of hydrogen-bond donors (Lipinski definition) is 2. The Morgan fingerprint density at radius 1 is 1.38 bits per heavy atom. The van der Waals surface area contributed by atoms with Crippen LogP contribution in [0.25, 0.3) is 0 Å². The molecule has 0 saturated carbocycles. The SMILES string of the molecule is CCCOCC(CC(C)(C)C)NN. The number of nitrogens with two attached hydrogens (primary N) is 1. The van der Waals surface area contributed by atoms with Crippen LogP contribution in [-0.4, -0.2) is 19.3 Å². The zero-order valence-corrected chi connectivity index (χ0v) is 9.39. The number of rotatable bonds is 6. The van der Waals surface area contributed by atoms with Gasteiger partial charge in [-0.25, -0.2) is 0 Å². The Labute approximate surface area is 82.0 Å². The van der Waals surface area contributed by atoms with Crippen molar-refractivity contribution >= 4 is 0 Å². The minimum atomic E-state index is 0.270. The highest BCUT2D eigenvalue weighted by molar-refractivity contribution is 4.72. The van der Waals surface area contributed by atoms with Crippen LogP contribution in [0.4, 0.5) is 0 Å². The number of nitrogens with one attached hydrogen (secondary N) is 1. The van der Waals surface area contributed by atoms with Gasteiger partial charge < -0.3 is 4.74 Å². The minimum absolute atomic E-state index is 0.270. The van der Waals surface area contributed by atoms with Crippen LogP contribution in [0, 0.1) is 5.41 Å². The largest absolute Gasteiger partial charge is 0.380 e. The molecule has 0 rings (SSSR count). The van der Waals surface area contributed by atoms with Gasteiger partial charge in [-0.05, 0) is 18.3 Å². The van der Waals surface area contributed by atoms with Crippen molar-refractivity contribution in [2.45, 2.75) is 46.6 Å². The fraction of sp³-hybridized carbons (Fsp3) is 1.00. The monoisotopic (exact) mass is 188 g/mol. The van der Waals surface area contributed by atoms with E-state index in [0.29, 0.717) is 12.0 Å². The molecule has 13 heavy (non-hydrogen) atoms. The number of hydrazine groups is 1. The molecule has 3 nitrogen and oxygen atoms in total. The summed E-state index contributed by atoms with van der Waals surface area (Å²) in [5.41, 5.74) is 3.09. The van der Waals surface area contributed by atoms with Gasteiger partial charge in [-0.1, -0.05) is 27.7 Å². The Morgan fingerprint density at radius 2 is 2.00 bits per heavy atom. The molecule has 1 atom stereocenters. The Hall–Kier alpha value is -0.120. The topological polar surface area (TPSA) is 47.3 Å². The summed E-state index contributed by atoms with van der Waals surface area (Å²) in [5, 5.41) is 0. The van der Waals surface area contributed by atoms with E-state index in [0.717, 1.165) is 19.4 Å². The summed E-state index contributed by atoms with van der Waals surface area (Å²) < 4.78 is 5.44. The van der Waals surface area contributed by atoms with E-state index in [-0.39, 0.29) is 6.04 Å². The first-order valence-corrected chi connectivity index (χ1v) is 5.03. The fourth-order valence-corrected chi connectivity index (χ4v) is 1.28. The van der Waals surface area contributed by atoms with Crippen molar-refractivity contribution in [1.29, 1.82) is 0 Å². The van der Waals surface area contributed by atoms with Crippen molar-refractivity contribution in [3.05, 3.63) is 0 Å². The maximum atomic E-state index is 5.44. The normalized spacial score (nSPS) is 14.5. The van der Waals surface area contributed by atoms with Gasteiger partial charge in [0.25, 0.3) is 0 Å². The highest BCUT2D eigenvalue weighted by Gasteiger charge is 2.17. The molecule has 0 aromatic carbocycles. The second kappa shape index (κ2) is 6.35. The van der Waals surface area contributed by atoms with E-state index in [4.69, 9.17) is 10.6 Å². The van der Waals surface area contributed by atoms with Gasteiger partial charge in [0.05, 0.1) is 6.61 Å². The molecule has 0 radical (unpaired) electrons. The molecular formula is C10H24N2O. The van der Waals surface area contributed by atoms with Crippen LogP contribution in [0.3, 0.4) is 0 Å². The van der Waals surface area contributed by atoms with Crippen LogP contribution in [0.2, 0.25) is 0 Å². The molecule has 0 heterocycles. The predicted octanol–water partition coefficient (Wildman–Crippen LogP) is 1.68. The fourth-order valence-electron chi connectivity index (χ4n) is 1.28. The molecule has 0 fully saturated rings. The number of ether oxygens (including phenoxy) is 1. The van der Waals surface area contributed by atoms with E-state index in [1.165, 1.54) is 0 Å². The summed E-state index contributed by atoms with van der Waals surface area (Å²) in [6.45, 7) is 10.3. The van der Waals surface area contributed by atoms with Gasteiger partial charge in [-0.2, -0.15) is 0 Å². The van der Waals surface area contributed by atoms with Crippen molar-refractivity contribution in [3.8, 4) is 0 Å². The smallest absolute Gasteiger partial charge is 0.0633 e. The van der Waals surface area contributed by atoms with E-state index in [1.54, 1.807) is 0 Å². The summed E-state index contributed by atoms with van der Waals surface area (Å²) in [6.07, 6.45) is 2.10. The molecule has 0 aromatic heterocycles. The second-order valence-electron chi connectivity index (χ2n) is 4.70. The van der Waals surface area contributed by atoms with Crippen LogP contribution >= 0.6 is 0 Å². The summed E-state index contributed by atoms with van der Waals surface area (Å²) in [4.78, 5) is 0. The van der Waals surface area contributed by atoms with Gasteiger partial charge >= 0.3 is 0 Å². The first-order valence-electron chi connectivity index (χ1n) is 5.03. The number of hydrogen-bond acceptors (Lipinski definition) is 3. The third kappa shape index (κ3) is 8.22. The molecule has 0 aliphatic carbocycles. The Kier molecular flexibility index (Phi) is 6.29. The van der Waals surface area contributed by atoms with Crippen LogP contribution in [0.5, 0.6) is 0 Å². The molecule has 0 aromatic rings. The van der Waals surface area contributed by atoms with Gasteiger partial charge in [-0.15, -0.1) is 0 Å². The van der Waals surface area contributed by atoms with E-state index in [1.807, 2.05) is 0 Å². The lowest BCUT2D eigenvalue weighted by atomic mass is 9.88. The van der Waals surface area contributed by atoms with Crippen LogP contribution in [0.1, 0.15) is 40.5 Å². The molecule has 0 spiro atoms. The Bertz CT molecular complexity index is 121. The van der Waals surface area contributed by atoms with Gasteiger partial charge in [0.15, 0.2) is 0 Å². The lowest BCUT2D eigenvalue weighted by Crippen LogP contribution is -2.41. The third-order valence-electron chi connectivity index (χ3n) is 1.76. The van der Waals surface area contributed by atoms with Crippen LogP contribution < -0.4 is 11.3 Å². The highest BCUT2D eigenvalue weighted by Crippen LogP contribution is 2.20. The molecule has 0 bridgehead atoms. The van der Waals surface area contributed by atoms with Crippen LogP contribution in [-0.2, 0) is 4.74 Å². The maximum Gasteiger partial charge on any atom is 0.0633 e. The first kappa shape index (κ1) is 12.9. The Morgan fingerprint density at radius 3 is 2.38 bits per heavy atom. The molecule has 3 heteroatoms. The van der Waals surface area contributed by atoms with Crippen molar-refractivity contribution in [2.24, 2.45) is 11.3 Å². The summed E-state index contributed by atoms with van der Waals surface area (Å²) in [7, 11) is 0. The van der Waals surface area contributed by atoms with Crippen molar-refractivity contribution < 1.29 is 4.74 Å². The van der Waals surface area contributed by atoms with Crippen molar-refractivity contribution in [3.63, 3.8) is 0 Å². The molecule has 0 amide bonds. The molecule has 1 unspecified atom stereocenters. The van der Waals surface area contributed by atoms with Crippen molar-refractivity contribution in [2.75, 3.05) is 13.2 Å². The molecular weight excluding hydrogens is 164 g/mol. The maximum absolute atomic E-state index is 5.44. The van der Waals surface area contributed by atoms with Gasteiger partial charge in [-0.3, -0.25) is 11.3 Å². The van der Waals surface area contributed by atoms with Crippen LogP contribution in [0.15, 0.2) is 0 Å². The average Bonchev–Trinajstić information content (AvgIpc) is 2.01. The zero-order chi connectivity index (χ0) is 10.3. The second-order valence-corrected chi connectivity index (χ2v) is 4.70.